The number of hydrogen-bond donors (Lipinski definition) is 1. The van der Waals surface area contributed by atoms with Crippen molar-refractivity contribution in [3.05, 3.63) is 35.6 Å². The maximum absolute atomic E-state index is 13.5. The number of rotatable bonds is 3. The zero-order valence-electron chi connectivity index (χ0n) is 14.0. The SMILES string of the molecule is CC(C)(C(=O)N1CCC(N2CCNCC2)C1)c1cccc(F)c1. The molecule has 1 amide bonds. The van der Waals surface area contributed by atoms with Crippen molar-refractivity contribution in [3.63, 3.8) is 0 Å². The van der Waals surface area contributed by atoms with Gasteiger partial charge < -0.3 is 10.2 Å². The fourth-order valence-corrected chi connectivity index (χ4v) is 3.67. The van der Waals surface area contributed by atoms with Gasteiger partial charge in [0.2, 0.25) is 5.91 Å². The van der Waals surface area contributed by atoms with Crippen molar-refractivity contribution in [1.82, 2.24) is 15.1 Å². The van der Waals surface area contributed by atoms with E-state index in [0.29, 0.717) is 6.04 Å². The smallest absolute Gasteiger partial charge is 0.232 e. The number of nitrogens with one attached hydrogen (secondary N) is 1. The van der Waals surface area contributed by atoms with Crippen LogP contribution in [0.3, 0.4) is 0 Å². The minimum absolute atomic E-state index is 0.0979. The van der Waals surface area contributed by atoms with Gasteiger partial charge in [0.25, 0.3) is 0 Å². The first-order chi connectivity index (χ1) is 11.0. The molecule has 0 aromatic heterocycles. The molecule has 0 spiro atoms. The Balaban J connectivity index is 1.68. The summed E-state index contributed by atoms with van der Waals surface area (Å²) in [6, 6.07) is 6.87. The Kier molecular flexibility index (Phi) is 4.69. The summed E-state index contributed by atoms with van der Waals surface area (Å²) < 4.78 is 13.5. The lowest BCUT2D eigenvalue weighted by Crippen LogP contribution is -2.50. The van der Waals surface area contributed by atoms with E-state index in [1.165, 1.54) is 12.1 Å². The molecule has 4 nitrogen and oxygen atoms in total. The van der Waals surface area contributed by atoms with Crippen molar-refractivity contribution in [3.8, 4) is 0 Å². The molecule has 2 saturated heterocycles. The number of benzene rings is 1. The number of piperazine rings is 1. The molecule has 0 radical (unpaired) electrons. The van der Waals surface area contributed by atoms with E-state index in [2.05, 4.69) is 10.2 Å². The molecule has 0 aliphatic carbocycles. The Morgan fingerprint density at radius 3 is 2.70 bits per heavy atom. The van der Waals surface area contributed by atoms with Crippen molar-refractivity contribution in [1.29, 1.82) is 0 Å². The second kappa shape index (κ2) is 6.57. The molecule has 1 aromatic carbocycles. The first-order valence-corrected chi connectivity index (χ1v) is 8.48. The van der Waals surface area contributed by atoms with Gasteiger partial charge in [-0.2, -0.15) is 0 Å². The Bertz CT molecular complexity index is 569. The minimum Gasteiger partial charge on any atom is -0.340 e. The molecule has 2 aliphatic rings. The lowest BCUT2D eigenvalue weighted by molar-refractivity contribution is -0.135. The fourth-order valence-electron chi connectivity index (χ4n) is 3.67. The highest BCUT2D eigenvalue weighted by atomic mass is 19.1. The molecule has 5 heteroatoms. The molecule has 0 saturated carbocycles. The number of carbonyl (C=O) groups excluding carboxylic acids is 1. The van der Waals surface area contributed by atoms with E-state index in [-0.39, 0.29) is 11.7 Å². The summed E-state index contributed by atoms with van der Waals surface area (Å²) in [4.78, 5) is 17.4. The van der Waals surface area contributed by atoms with Crippen molar-refractivity contribution < 1.29 is 9.18 Å². The Morgan fingerprint density at radius 1 is 1.26 bits per heavy atom. The summed E-state index contributed by atoms with van der Waals surface area (Å²) >= 11 is 0. The molecular formula is C18H26FN3O. The molecule has 3 rings (SSSR count). The molecule has 2 heterocycles. The third-order valence-electron chi connectivity index (χ3n) is 5.20. The third kappa shape index (κ3) is 3.40. The number of carbonyl (C=O) groups is 1. The lowest BCUT2D eigenvalue weighted by atomic mass is 9.83. The van der Waals surface area contributed by atoms with Gasteiger partial charge in [0, 0.05) is 45.3 Å². The van der Waals surface area contributed by atoms with Crippen LogP contribution < -0.4 is 5.32 Å². The highest BCUT2D eigenvalue weighted by molar-refractivity contribution is 5.87. The molecule has 0 bridgehead atoms. The summed E-state index contributed by atoms with van der Waals surface area (Å²) in [7, 11) is 0. The summed E-state index contributed by atoms with van der Waals surface area (Å²) in [5, 5.41) is 3.37. The minimum atomic E-state index is -0.694. The molecule has 1 atom stereocenters. The van der Waals surface area contributed by atoms with Gasteiger partial charge in [0.15, 0.2) is 0 Å². The van der Waals surface area contributed by atoms with E-state index in [1.807, 2.05) is 24.8 Å². The summed E-state index contributed by atoms with van der Waals surface area (Å²) in [6.07, 6.45) is 1.03. The quantitative estimate of drug-likeness (QED) is 0.919. The zero-order chi connectivity index (χ0) is 16.4. The third-order valence-corrected chi connectivity index (χ3v) is 5.20. The molecule has 1 aromatic rings. The Hall–Kier alpha value is -1.46. The Labute approximate surface area is 137 Å². The molecule has 2 fully saturated rings. The van der Waals surface area contributed by atoms with E-state index in [1.54, 1.807) is 6.07 Å². The monoisotopic (exact) mass is 319 g/mol. The molecule has 23 heavy (non-hydrogen) atoms. The van der Waals surface area contributed by atoms with E-state index in [9.17, 15) is 9.18 Å². The van der Waals surface area contributed by atoms with Crippen LogP contribution in [0.5, 0.6) is 0 Å². The van der Waals surface area contributed by atoms with Crippen LogP contribution in [0.2, 0.25) is 0 Å². The van der Waals surface area contributed by atoms with Crippen molar-refractivity contribution >= 4 is 5.91 Å². The fraction of sp³-hybridized carbons (Fsp3) is 0.611. The van der Waals surface area contributed by atoms with Gasteiger partial charge >= 0.3 is 0 Å². The molecule has 1 unspecified atom stereocenters. The van der Waals surface area contributed by atoms with E-state index in [4.69, 9.17) is 0 Å². The van der Waals surface area contributed by atoms with E-state index < -0.39 is 5.41 Å². The van der Waals surface area contributed by atoms with Gasteiger partial charge in [-0.1, -0.05) is 12.1 Å². The average molecular weight is 319 g/mol. The molecule has 126 valence electrons. The van der Waals surface area contributed by atoms with Crippen LogP contribution in [-0.2, 0) is 10.2 Å². The van der Waals surface area contributed by atoms with Crippen molar-refractivity contribution in [2.45, 2.75) is 31.7 Å². The van der Waals surface area contributed by atoms with Crippen molar-refractivity contribution in [2.75, 3.05) is 39.3 Å². The zero-order valence-corrected chi connectivity index (χ0v) is 14.0. The van der Waals surface area contributed by atoms with Crippen LogP contribution in [0.15, 0.2) is 24.3 Å². The second-order valence-corrected chi connectivity index (χ2v) is 7.11. The molecular weight excluding hydrogens is 293 g/mol. The summed E-state index contributed by atoms with van der Waals surface area (Å²) in [5.41, 5.74) is 0.0496. The van der Waals surface area contributed by atoms with Crippen LogP contribution in [-0.4, -0.2) is 61.0 Å². The Morgan fingerprint density at radius 2 is 2.00 bits per heavy atom. The number of nitrogens with zero attached hydrogens (tertiary/aromatic N) is 2. The van der Waals surface area contributed by atoms with Crippen LogP contribution in [0.1, 0.15) is 25.8 Å². The molecule has 1 N–H and O–H groups in total. The van der Waals surface area contributed by atoms with Gasteiger partial charge in [-0.3, -0.25) is 9.69 Å². The maximum atomic E-state index is 13.5. The lowest BCUT2D eigenvalue weighted by Gasteiger charge is -2.34. The summed E-state index contributed by atoms with van der Waals surface area (Å²) in [6.45, 7) is 9.53. The van der Waals surface area contributed by atoms with Crippen LogP contribution in [0.25, 0.3) is 0 Å². The van der Waals surface area contributed by atoms with Gasteiger partial charge in [0.05, 0.1) is 5.41 Å². The average Bonchev–Trinajstić information content (AvgIpc) is 3.05. The highest BCUT2D eigenvalue weighted by Gasteiger charge is 2.38. The van der Waals surface area contributed by atoms with E-state index in [0.717, 1.165) is 51.3 Å². The van der Waals surface area contributed by atoms with Crippen LogP contribution >= 0.6 is 0 Å². The van der Waals surface area contributed by atoms with Crippen LogP contribution in [0.4, 0.5) is 4.39 Å². The summed E-state index contributed by atoms with van der Waals surface area (Å²) in [5.74, 6) is -0.191. The number of likely N-dealkylation sites (tertiary alicyclic amines) is 1. The standard InChI is InChI=1S/C18H26FN3O/c1-18(2,14-4-3-5-15(19)12-14)17(23)22-9-6-16(13-22)21-10-7-20-8-11-21/h3-5,12,16,20H,6-11,13H2,1-2H3. The first kappa shape index (κ1) is 16.4. The number of halogens is 1. The highest BCUT2D eigenvalue weighted by Crippen LogP contribution is 2.29. The predicted molar refractivity (Wildman–Crippen MR) is 88.9 cm³/mol. The van der Waals surface area contributed by atoms with E-state index >= 15 is 0 Å². The number of hydrogen-bond acceptors (Lipinski definition) is 3. The molecule has 2 aliphatic heterocycles. The largest absolute Gasteiger partial charge is 0.340 e. The van der Waals surface area contributed by atoms with Gasteiger partial charge in [-0.15, -0.1) is 0 Å². The first-order valence-electron chi connectivity index (χ1n) is 8.48. The van der Waals surface area contributed by atoms with Gasteiger partial charge in [-0.25, -0.2) is 4.39 Å². The van der Waals surface area contributed by atoms with Gasteiger partial charge in [-0.05, 0) is 38.0 Å². The number of amides is 1. The normalized spacial score (nSPS) is 23.3. The predicted octanol–water partition coefficient (Wildman–Crippen LogP) is 1.61. The second-order valence-electron chi connectivity index (χ2n) is 7.11. The maximum Gasteiger partial charge on any atom is 0.232 e. The van der Waals surface area contributed by atoms with Crippen LogP contribution in [0, 0.1) is 5.82 Å². The van der Waals surface area contributed by atoms with Gasteiger partial charge in [0.1, 0.15) is 5.82 Å². The van der Waals surface area contributed by atoms with Crippen molar-refractivity contribution in [2.24, 2.45) is 0 Å². The topological polar surface area (TPSA) is 35.6 Å².